The zero-order chi connectivity index (χ0) is 8.44. The minimum atomic E-state index is 0.230. The quantitative estimate of drug-likeness (QED) is 0.594. The SMILES string of the molecule is O=C1CCC[C@]2(CCCCN2)C1. The summed E-state index contributed by atoms with van der Waals surface area (Å²) in [6, 6.07) is 0. The van der Waals surface area contributed by atoms with E-state index in [4.69, 9.17) is 0 Å². The van der Waals surface area contributed by atoms with Crippen molar-refractivity contribution in [3.05, 3.63) is 0 Å². The van der Waals surface area contributed by atoms with E-state index in [1.807, 2.05) is 0 Å². The molecule has 0 aromatic carbocycles. The van der Waals surface area contributed by atoms with Crippen LogP contribution in [0.3, 0.4) is 0 Å². The first-order valence-electron chi connectivity index (χ1n) is 5.08. The van der Waals surface area contributed by atoms with Gasteiger partial charge >= 0.3 is 0 Å². The molecule has 0 amide bonds. The maximum absolute atomic E-state index is 11.3. The first kappa shape index (κ1) is 8.24. The fourth-order valence-electron chi connectivity index (χ4n) is 2.57. The van der Waals surface area contributed by atoms with Crippen molar-refractivity contribution < 1.29 is 4.79 Å². The van der Waals surface area contributed by atoms with Gasteiger partial charge in [-0.15, -0.1) is 0 Å². The average Bonchev–Trinajstić information content (AvgIpc) is 2.05. The van der Waals surface area contributed by atoms with Crippen LogP contribution < -0.4 is 5.32 Å². The summed E-state index contributed by atoms with van der Waals surface area (Å²) in [5, 5.41) is 3.54. The van der Waals surface area contributed by atoms with Crippen molar-refractivity contribution in [2.75, 3.05) is 6.54 Å². The van der Waals surface area contributed by atoms with Crippen LogP contribution in [0.1, 0.15) is 44.9 Å². The fraction of sp³-hybridized carbons (Fsp3) is 0.900. The molecular weight excluding hydrogens is 150 g/mol. The van der Waals surface area contributed by atoms with Crippen molar-refractivity contribution >= 4 is 5.78 Å². The van der Waals surface area contributed by atoms with Gasteiger partial charge in [0.15, 0.2) is 0 Å². The van der Waals surface area contributed by atoms with Gasteiger partial charge < -0.3 is 5.32 Å². The summed E-state index contributed by atoms with van der Waals surface area (Å²) < 4.78 is 0. The van der Waals surface area contributed by atoms with Gasteiger partial charge in [0.1, 0.15) is 5.78 Å². The largest absolute Gasteiger partial charge is 0.311 e. The van der Waals surface area contributed by atoms with Gasteiger partial charge in [0.2, 0.25) is 0 Å². The smallest absolute Gasteiger partial charge is 0.134 e. The fourth-order valence-corrected chi connectivity index (χ4v) is 2.57. The number of ketones is 1. The maximum Gasteiger partial charge on any atom is 0.134 e. The molecule has 2 aliphatic rings. The van der Waals surface area contributed by atoms with Crippen molar-refractivity contribution in [1.29, 1.82) is 0 Å². The van der Waals surface area contributed by atoms with E-state index in [-0.39, 0.29) is 5.54 Å². The zero-order valence-electron chi connectivity index (χ0n) is 7.57. The highest BCUT2D eigenvalue weighted by molar-refractivity contribution is 5.80. The summed E-state index contributed by atoms with van der Waals surface area (Å²) in [5.41, 5.74) is 0.230. The third-order valence-electron chi connectivity index (χ3n) is 3.23. The number of hydrogen-bond donors (Lipinski definition) is 1. The van der Waals surface area contributed by atoms with E-state index in [1.165, 1.54) is 25.7 Å². The van der Waals surface area contributed by atoms with E-state index in [0.29, 0.717) is 5.78 Å². The van der Waals surface area contributed by atoms with E-state index >= 15 is 0 Å². The highest BCUT2D eigenvalue weighted by Crippen LogP contribution is 2.32. The van der Waals surface area contributed by atoms with Crippen LogP contribution in [0.25, 0.3) is 0 Å². The van der Waals surface area contributed by atoms with Crippen molar-refractivity contribution in [2.24, 2.45) is 0 Å². The van der Waals surface area contributed by atoms with Gasteiger partial charge in [-0.1, -0.05) is 6.42 Å². The molecule has 68 valence electrons. The lowest BCUT2D eigenvalue weighted by Gasteiger charge is -2.40. The molecule has 0 aromatic rings. The van der Waals surface area contributed by atoms with Gasteiger partial charge in [-0.2, -0.15) is 0 Å². The number of nitrogens with one attached hydrogen (secondary N) is 1. The molecule has 1 N–H and O–H groups in total. The van der Waals surface area contributed by atoms with Crippen LogP contribution in [-0.4, -0.2) is 17.9 Å². The number of rotatable bonds is 0. The van der Waals surface area contributed by atoms with Gasteiger partial charge in [-0.25, -0.2) is 0 Å². The summed E-state index contributed by atoms with van der Waals surface area (Å²) in [7, 11) is 0. The Morgan fingerprint density at radius 2 is 2.00 bits per heavy atom. The van der Waals surface area contributed by atoms with Crippen molar-refractivity contribution in [2.45, 2.75) is 50.5 Å². The Labute approximate surface area is 73.7 Å². The molecular formula is C10H17NO. The van der Waals surface area contributed by atoms with Crippen LogP contribution in [0.2, 0.25) is 0 Å². The molecule has 1 aliphatic carbocycles. The lowest BCUT2D eigenvalue weighted by Crippen LogP contribution is -2.51. The number of carbonyl (C=O) groups excluding carboxylic acids is 1. The van der Waals surface area contributed by atoms with E-state index in [0.717, 1.165) is 25.8 Å². The van der Waals surface area contributed by atoms with Crippen molar-refractivity contribution in [1.82, 2.24) is 5.32 Å². The minimum absolute atomic E-state index is 0.230. The monoisotopic (exact) mass is 167 g/mol. The minimum Gasteiger partial charge on any atom is -0.311 e. The van der Waals surface area contributed by atoms with Gasteiger partial charge in [0, 0.05) is 18.4 Å². The summed E-state index contributed by atoms with van der Waals surface area (Å²) in [4.78, 5) is 11.3. The lowest BCUT2D eigenvalue weighted by atomic mass is 9.76. The number of Topliss-reactive ketones (excluding diaryl/α,β-unsaturated/α-hetero) is 1. The average molecular weight is 167 g/mol. The van der Waals surface area contributed by atoms with Crippen molar-refractivity contribution in [3.8, 4) is 0 Å². The third kappa shape index (κ3) is 1.53. The van der Waals surface area contributed by atoms with Gasteiger partial charge in [0.25, 0.3) is 0 Å². The summed E-state index contributed by atoms with van der Waals surface area (Å²) in [6.45, 7) is 1.12. The molecule has 0 radical (unpaired) electrons. The Hall–Kier alpha value is -0.370. The molecule has 1 saturated carbocycles. The molecule has 1 atom stereocenters. The molecule has 1 saturated heterocycles. The van der Waals surface area contributed by atoms with Crippen LogP contribution in [0.5, 0.6) is 0 Å². The summed E-state index contributed by atoms with van der Waals surface area (Å²) >= 11 is 0. The molecule has 2 nitrogen and oxygen atoms in total. The van der Waals surface area contributed by atoms with Crippen molar-refractivity contribution in [3.63, 3.8) is 0 Å². The zero-order valence-corrected chi connectivity index (χ0v) is 7.57. The van der Waals surface area contributed by atoms with Gasteiger partial charge in [-0.05, 0) is 32.2 Å². The van der Waals surface area contributed by atoms with Crippen LogP contribution in [-0.2, 0) is 4.79 Å². The topological polar surface area (TPSA) is 29.1 Å². The number of hydrogen-bond acceptors (Lipinski definition) is 2. The second-order valence-corrected chi connectivity index (χ2v) is 4.23. The second kappa shape index (κ2) is 3.17. The predicted octanol–water partition coefficient (Wildman–Crippen LogP) is 1.64. The van der Waals surface area contributed by atoms with Crippen LogP contribution >= 0.6 is 0 Å². The van der Waals surface area contributed by atoms with E-state index in [9.17, 15) is 4.79 Å². The molecule has 0 unspecified atom stereocenters. The Balaban J connectivity index is 2.02. The summed E-state index contributed by atoms with van der Waals surface area (Å²) in [5.74, 6) is 0.468. The molecule has 0 bridgehead atoms. The number of carbonyl (C=O) groups is 1. The van der Waals surface area contributed by atoms with E-state index < -0.39 is 0 Å². The highest BCUT2D eigenvalue weighted by atomic mass is 16.1. The second-order valence-electron chi connectivity index (χ2n) is 4.23. The Morgan fingerprint density at radius 3 is 2.67 bits per heavy atom. The molecule has 1 aliphatic heterocycles. The molecule has 2 rings (SSSR count). The van der Waals surface area contributed by atoms with Crippen LogP contribution in [0.4, 0.5) is 0 Å². The van der Waals surface area contributed by atoms with Gasteiger partial charge in [0.05, 0.1) is 0 Å². The van der Waals surface area contributed by atoms with Gasteiger partial charge in [-0.3, -0.25) is 4.79 Å². The Kier molecular flexibility index (Phi) is 2.18. The van der Waals surface area contributed by atoms with E-state index in [2.05, 4.69) is 5.32 Å². The predicted molar refractivity (Wildman–Crippen MR) is 48.1 cm³/mol. The Morgan fingerprint density at radius 1 is 1.17 bits per heavy atom. The molecule has 1 spiro atoms. The first-order chi connectivity index (χ1) is 5.81. The number of piperidine rings is 1. The first-order valence-corrected chi connectivity index (χ1v) is 5.08. The molecule has 0 aromatic heterocycles. The van der Waals surface area contributed by atoms with Crippen LogP contribution in [0.15, 0.2) is 0 Å². The standard InChI is InChI=1S/C10H17NO/c12-9-4-3-6-10(8-9)5-1-2-7-11-10/h11H,1-8H2/t10-/m1/s1. The normalized spacial score (nSPS) is 37.2. The molecule has 2 heteroatoms. The molecule has 1 heterocycles. The third-order valence-corrected chi connectivity index (χ3v) is 3.23. The lowest BCUT2D eigenvalue weighted by molar-refractivity contribution is -0.122. The molecule has 2 fully saturated rings. The molecule has 12 heavy (non-hydrogen) atoms. The summed E-state index contributed by atoms with van der Waals surface area (Å²) in [6.07, 6.45) is 7.76. The van der Waals surface area contributed by atoms with E-state index in [1.54, 1.807) is 0 Å². The van der Waals surface area contributed by atoms with Crippen LogP contribution in [0, 0.1) is 0 Å². The highest BCUT2D eigenvalue weighted by Gasteiger charge is 2.35. The Bertz CT molecular complexity index is 177. The maximum atomic E-state index is 11.3.